The smallest absolute Gasteiger partial charge is 0.253 e. The molecule has 0 saturated heterocycles. The highest BCUT2D eigenvalue weighted by Crippen LogP contribution is 2.13. The molecule has 0 aliphatic rings. The Kier molecular flexibility index (Phi) is 5.42. The zero-order chi connectivity index (χ0) is 20.1. The van der Waals surface area contributed by atoms with Gasteiger partial charge in [0.1, 0.15) is 5.82 Å². The fourth-order valence-corrected chi connectivity index (χ4v) is 2.92. The summed E-state index contributed by atoms with van der Waals surface area (Å²) in [5, 5.41) is 5.91. The monoisotopic (exact) mass is 390 g/mol. The number of aromatic amines is 1. The molecule has 0 radical (unpaired) electrons. The van der Waals surface area contributed by atoms with Crippen LogP contribution in [0.1, 0.15) is 21.6 Å². The first-order valence-corrected chi connectivity index (χ1v) is 9.19. The van der Waals surface area contributed by atoms with Crippen molar-refractivity contribution >= 4 is 22.9 Å². The van der Waals surface area contributed by atoms with E-state index in [1.54, 1.807) is 12.3 Å². The van der Waals surface area contributed by atoms with E-state index in [0.717, 1.165) is 16.6 Å². The van der Waals surface area contributed by atoms with Gasteiger partial charge >= 0.3 is 0 Å². The van der Waals surface area contributed by atoms with E-state index in [1.165, 1.54) is 24.5 Å². The summed E-state index contributed by atoms with van der Waals surface area (Å²) in [5.41, 5.74) is 3.40. The lowest BCUT2D eigenvalue weighted by Gasteiger charge is -2.07. The third-order valence-electron chi connectivity index (χ3n) is 4.40. The Bertz CT molecular complexity index is 1110. The zero-order valence-electron chi connectivity index (χ0n) is 15.5. The summed E-state index contributed by atoms with van der Waals surface area (Å²) in [4.78, 5) is 28.1. The maximum absolute atomic E-state index is 13.6. The number of nitrogens with one attached hydrogen (secondary N) is 3. The zero-order valence-corrected chi connectivity index (χ0v) is 15.5. The number of halogens is 1. The van der Waals surface area contributed by atoms with E-state index in [2.05, 4.69) is 30.6 Å². The van der Waals surface area contributed by atoms with Gasteiger partial charge in [0, 0.05) is 25.1 Å². The molecule has 0 unspecified atom stereocenters. The third-order valence-corrected chi connectivity index (χ3v) is 4.40. The number of benzene rings is 1. The minimum Gasteiger partial charge on any atom is -0.355 e. The number of nitrogens with zero attached hydrogens (tertiary/aromatic N) is 3. The number of pyridine rings is 2. The molecule has 0 spiro atoms. The molecule has 1 amide bonds. The van der Waals surface area contributed by atoms with Gasteiger partial charge in [0.2, 0.25) is 5.95 Å². The van der Waals surface area contributed by atoms with Gasteiger partial charge in [0.25, 0.3) is 5.91 Å². The number of para-hydroxylation sites is 2. The van der Waals surface area contributed by atoms with Crippen molar-refractivity contribution in [2.24, 2.45) is 0 Å². The third kappa shape index (κ3) is 4.55. The van der Waals surface area contributed by atoms with Gasteiger partial charge in [0.05, 0.1) is 28.8 Å². The van der Waals surface area contributed by atoms with Gasteiger partial charge in [-0.2, -0.15) is 0 Å². The minimum atomic E-state index is -0.448. The van der Waals surface area contributed by atoms with Crippen LogP contribution in [0.15, 0.2) is 61.1 Å². The van der Waals surface area contributed by atoms with Crippen molar-refractivity contribution in [2.75, 3.05) is 11.9 Å². The van der Waals surface area contributed by atoms with Crippen molar-refractivity contribution in [1.29, 1.82) is 0 Å². The van der Waals surface area contributed by atoms with Crippen LogP contribution in [0.5, 0.6) is 0 Å². The van der Waals surface area contributed by atoms with Crippen LogP contribution in [0, 0.1) is 5.82 Å². The minimum absolute atomic E-state index is 0.0172. The number of hydrogen-bond donors (Lipinski definition) is 3. The van der Waals surface area contributed by atoms with Gasteiger partial charge < -0.3 is 15.6 Å². The molecule has 0 saturated carbocycles. The molecule has 3 N–H and O–H groups in total. The largest absolute Gasteiger partial charge is 0.355 e. The lowest BCUT2D eigenvalue weighted by molar-refractivity contribution is 0.0949. The molecule has 0 fully saturated rings. The molecule has 3 aromatic heterocycles. The standard InChI is InChI=1S/C21H19FN6O/c22-16-4-3-8-24-19(16)13-26-20(29)15-10-14(11-23-12-15)7-9-25-21-27-17-5-1-2-6-18(17)28-21/h1-6,8,10-12H,7,9,13H2,(H,26,29)(H2,25,27,28). The van der Waals surface area contributed by atoms with Crippen molar-refractivity contribution < 1.29 is 9.18 Å². The Morgan fingerprint density at radius 1 is 1.14 bits per heavy atom. The van der Waals surface area contributed by atoms with Crippen LogP contribution >= 0.6 is 0 Å². The maximum atomic E-state index is 13.6. The first-order valence-electron chi connectivity index (χ1n) is 9.19. The van der Waals surface area contributed by atoms with Gasteiger partial charge in [0.15, 0.2) is 0 Å². The van der Waals surface area contributed by atoms with Crippen LogP contribution in [-0.4, -0.2) is 32.4 Å². The molecule has 8 heteroatoms. The number of fused-ring (bicyclic) bond motifs is 1. The second-order valence-corrected chi connectivity index (χ2v) is 6.48. The number of rotatable bonds is 7. The molecule has 0 aliphatic carbocycles. The first kappa shape index (κ1) is 18.5. The number of carbonyl (C=O) groups is 1. The number of carbonyl (C=O) groups excluding carboxylic acids is 1. The topological polar surface area (TPSA) is 95.6 Å². The summed E-state index contributed by atoms with van der Waals surface area (Å²) >= 11 is 0. The van der Waals surface area contributed by atoms with Crippen LogP contribution in [0.25, 0.3) is 11.0 Å². The van der Waals surface area contributed by atoms with E-state index in [4.69, 9.17) is 0 Å². The Morgan fingerprint density at radius 3 is 2.90 bits per heavy atom. The lowest BCUT2D eigenvalue weighted by Crippen LogP contribution is -2.24. The molecule has 4 rings (SSSR count). The molecular weight excluding hydrogens is 371 g/mol. The number of anilines is 1. The summed E-state index contributed by atoms with van der Waals surface area (Å²) in [5.74, 6) is -0.0728. The van der Waals surface area contributed by atoms with Crippen molar-refractivity contribution in [2.45, 2.75) is 13.0 Å². The van der Waals surface area contributed by atoms with Crippen LogP contribution in [-0.2, 0) is 13.0 Å². The molecule has 0 atom stereocenters. The average Bonchev–Trinajstić information content (AvgIpc) is 3.16. The summed E-state index contributed by atoms with van der Waals surface area (Å²) in [6.45, 7) is 0.648. The van der Waals surface area contributed by atoms with Crippen molar-refractivity contribution in [1.82, 2.24) is 25.3 Å². The normalized spacial score (nSPS) is 10.8. The van der Waals surface area contributed by atoms with Crippen molar-refractivity contribution in [3.63, 3.8) is 0 Å². The van der Waals surface area contributed by atoms with E-state index >= 15 is 0 Å². The summed E-state index contributed by atoms with van der Waals surface area (Å²) in [6, 6.07) is 12.4. The van der Waals surface area contributed by atoms with E-state index in [9.17, 15) is 9.18 Å². The Labute approximate surface area is 166 Å². The van der Waals surface area contributed by atoms with E-state index in [-0.39, 0.29) is 18.1 Å². The SMILES string of the molecule is O=C(NCc1ncccc1F)c1cncc(CCNc2nc3ccccc3[nH]2)c1. The van der Waals surface area contributed by atoms with Gasteiger partial charge in [-0.05, 0) is 42.3 Å². The maximum Gasteiger partial charge on any atom is 0.253 e. The highest BCUT2D eigenvalue weighted by molar-refractivity contribution is 5.93. The Hall–Kier alpha value is -3.81. The van der Waals surface area contributed by atoms with Gasteiger partial charge in [-0.25, -0.2) is 9.37 Å². The van der Waals surface area contributed by atoms with E-state index in [1.807, 2.05) is 24.3 Å². The summed E-state index contributed by atoms with van der Waals surface area (Å²) < 4.78 is 13.6. The van der Waals surface area contributed by atoms with Gasteiger partial charge in [-0.1, -0.05) is 12.1 Å². The van der Waals surface area contributed by atoms with Crippen molar-refractivity contribution in [3.8, 4) is 0 Å². The number of imidazole rings is 1. The van der Waals surface area contributed by atoms with E-state index < -0.39 is 5.82 Å². The highest BCUT2D eigenvalue weighted by Gasteiger charge is 2.09. The second kappa shape index (κ2) is 8.47. The first-order chi connectivity index (χ1) is 14.2. The molecule has 0 aliphatic heterocycles. The van der Waals surface area contributed by atoms with Crippen LogP contribution in [0.2, 0.25) is 0 Å². The number of H-pyrrole nitrogens is 1. The van der Waals surface area contributed by atoms with E-state index in [0.29, 0.717) is 24.5 Å². The molecule has 0 bridgehead atoms. The lowest BCUT2D eigenvalue weighted by atomic mass is 10.1. The average molecular weight is 390 g/mol. The Morgan fingerprint density at radius 2 is 2.03 bits per heavy atom. The Balaban J connectivity index is 1.33. The number of amides is 1. The molecule has 146 valence electrons. The molecule has 3 heterocycles. The number of hydrogen-bond acceptors (Lipinski definition) is 5. The molecule has 4 aromatic rings. The van der Waals surface area contributed by atoms with Gasteiger partial charge in [-0.15, -0.1) is 0 Å². The summed E-state index contributed by atoms with van der Waals surface area (Å²) in [6.07, 6.45) is 5.36. The van der Waals surface area contributed by atoms with Crippen LogP contribution < -0.4 is 10.6 Å². The molecule has 1 aromatic carbocycles. The predicted octanol–water partition coefficient (Wildman–Crippen LogP) is 3.08. The van der Waals surface area contributed by atoms with Gasteiger partial charge in [-0.3, -0.25) is 14.8 Å². The highest BCUT2D eigenvalue weighted by atomic mass is 19.1. The quantitative estimate of drug-likeness (QED) is 0.451. The van der Waals surface area contributed by atoms with Crippen LogP contribution in [0.4, 0.5) is 10.3 Å². The molecule has 29 heavy (non-hydrogen) atoms. The predicted molar refractivity (Wildman–Crippen MR) is 108 cm³/mol. The molecule has 7 nitrogen and oxygen atoms in total. The second-order valence-electron chi connectivity index (χ2n) is 6.48. The fourth-order valence-electron chi connectivity index (χ4n) is 2.92. The van der Waals surface area contributed by atoms with Crippen molar-refractivity contribution in [3.05, 3.63) is 83.7 Å². The fraction of sp³-hybridized carbons (Fsp3) is 0.143. The molecular formula is C21H19FN6O. The van der Waals surface area contributed by atoms with Crippen LogP contribution in [0.3, 0.4) is 0 Å². The summed E-state index contributed by atoms with van der Waals surface area (Å²) in [7, 11) is 0. The number of aromatic nitrogens is 4.